The predicted octanol–water partition coefficient (Wildman–Crippen LogP) is 3.09. The van der Waals surface area contributed by atoms with Gasteiger partial charge in [0.2, 0.25) is 0 Å². The third-order valence-corrected chi connectivity index (χ3v) is 1.79. The Hall–Kier alpha value is -0.570. The second-order valence-electron chi connectivity index (χ2n) is 4.65. The van der Waals surface area contributed by atoms with Crippen molar-refractivity contribution in [3.05, 3.63) is 0 Å². The minimum absolute atomic E-state index is 0.288. The molecular weight excluding hydrogens is 180 g/mol. The molecule has 0 heterocycles. The highest BCUT2D eigenvalue weighted by atomic mass is 17.2. The maximum absolute atomic E-state index is 11.2. The first-order valence-corrected chi connectivity index (χ1v) is 5.26. The van der Waals surface area contributed by atoms with Crippen LogP contribution in [-0.4, -0.2) is 11.6 Å². The van der Waals surface area contributed by atoms with Crippen LogP contribution in [0.2, 0.25) is 0 Å². The smallest absolute Gasteiger partial charge is 0.298 e. The van der Waals surface area contributed by atoms with Crippen LogP contribution >= 0.6 is 0 Å². The van der Waals surface area contributed by atoms with E-state index in [1.807, 2.05) is 27.7 Å². The van der Waals surface area contributed by atoms with Gasteiger partial charge in [-0.1, -0.05) is 27.2 Å². The number of carbonyl (C=O) groups excluding carboxylic acids is 1. The van der Waals surface area contributed by atoms with Gasteiger partial charge >= 0.3 is 5.97 Å². The molecule has 84 valence electrons. The van der Waals surface area contributed by atoms with Gasteiger partial charge in [0.05, 0.1) is 6.42 Å². The van der Waals surface area contributed by atoms with Crippen molar-refractivity contribution in [2.24, 2.45) is 5.92 Å². The summed E-state index contributed by atoms with van der Waals surface area (Å²) in [4.78, 5) is 21.0. The fraction of sp³-hybridized carbons (Fsp3) is 0.909. The molecule has 0 unspecified atom stereocenters. The second kappa shape index (κ2) is 6.02. The molecule has 0 aromatic carbocycles. The van der Waals surface area contributed by atoms with Crippen molar-refractivity contribution in [3.8, 4) is 0 Å². The zero-order valence-corrected chi connectivity index (χ0v) is 9.92. The molecule has 0 radical (unpaired) electrons. The average Bonchev–Trinajstić information content (AvgIpc) is 2.00. The van der Waals surface area contributed by atoms with E-state index in [2.05, 4.69) is 6.92 Å². The maximum Gasteiger partial charge on any atom is 0.342 e. The van der Waals surface area contributed by atoms with E-state index in [1.165, 1.54) is 0 Å². The van der Waals surface area contributed by atoms with Crippen LogP contribution in [0.3, 0.4) is 0 Å². The zero-order chi connectivity index (χ0) is 11.2. The summed E-state index contributed by atoms with van der Waals surface area (Å²) in [6.45, 7) is 9.84. The number of rotatable bonds is 6. The minimum Gasteiger partial charge on any atom is -0.298 e. The quantitative estimate of drug-likeness (QED) is 0.490. The molecular formula is C11H22O3. The van der Waals surface area contributed by atoms with E-state index >= 15 is 0 Å². The van der Waals surface area contributed by atoms with Gasteiger partial charge in [-0.3, -0.25) is 4.89 Å². The SMILES string of the molecule is CCCC(C)(C)OOC(=O)CC(C)C. The summed E-state index contributed by atoms with van der Waals surface area (Å²) >= 11 is 0. The molecule has 0 aliphatic heterocycles. The van der Waals surface area contributed by atoms with Crippen molar-refractivity contribution < 1.29 is 14.6 Å². The van der Waals surface area contributed by atoms with Gasteiger partial charge in [0.1, 0.15) is 5.60 Å². The van der Waals surface area contributed by atoms with Crippen LogP contribution in [0.15, 0.2) is 0 Å². The lowest BCUT2D eigenvalue weighted by Crippen LogP contribution is -2.26. The Morgan fingerprint density at radius 1 is 1.36 bits per heavy atom. The van der Waals surface area contributed by atoms with Gasteiger partial charge < -0.3 is 0 Å². The molecule has 0 N–H and O–H groups in total. The van der Waals surface area contributed by atoms with Crippen LogP contribution in [0.4, 0.5) is 0 Å². The molecule has 0 atom stereocenters. The molecule has 0 fully saturated rings. The predicted molar refractivity (Wildman–Crippen MR) is 55.6 cm³/mol. The van der Waals surface area contributed by atoms with Crippen LogP contribution in [0.1, 0.15) is 53.9 Å². The Morgan fingerprint density at radius 2 is 1.93 bits per heavy atom. The van der Waals surface area contributed by atoms with Gasteiger partial charge in [-0.2, -0.15) is 4.89 Å². The Kier molecular flexibility index (Phi) is 5.77. The Morgan fingerprint density at radius 3 is 2.36 bits per heavy atom. The minimum atomic E-state index is -0.374. The second-order valence-corrected chi connectivity index (χ2v) is 4.65. The lowest BCUT2D eigenvalue weighted by molar-refractivity contribution is -0.326. The normalized spacial score (nSPS) is 11.9. The summed E-state index contributed by atoms with van der Waals surface area (Å²) in [5.74, 6) is 0.0181. The fourth-order valence-corrected chi connectivity index (χ4v) is 1.17. The van der Waals surface area contributed by atoms with Crippen LogP contribution in [0, 0.1) is 5.92 Å². The van der Waals surface area contributed by atoms with Crippen molar-refractivity contribution >= 4 is 5.97 Å². The van der Waals surface area contributed by atoms with Crippen molar-refractivity contribution in [1.82, 2.24) is 0 Å². The molecule has 0 spiro atoms. The summed E-state index contributed by atoms with van der Waals surface area (Å²) < 4.78 is 0. The monoisotopic (exact) mass is 202 g/mol. The molecule has 3 heteroatoms. The van der Waals surface area contributed by atoms with Crippen LogP contribution in [0.5, 0.6) is 0 Å². The molecule has 0 aromatic rings. The molecule has 0 rings (SSSR count). The lowest BCUT2D eigenvalue weighted by atomic mass is 10.0. The van der Waals surface area contributed by atoms with Crippen molar-refractivity contribution in [1.29, 1.82) is 0 Å². The summed E-state index contributed by atoms with van der Waals surface area (Å²) in [6, 6.07) is 0. The molecule has 0 aliphatic rings. The Labute approximate surface area is 86.7 Å². The van der Waals surface area contributed by atoms with Gasteiger partial charge in [0, 0.05) is 0 Å². The first-order chi connectivity index (χ1) is 6.37. The van der Waals surface area contributed by atoms with Gasteiger partial charge in [-0.05, 0) is 26.2 Å². The summed E-state index contributed by atoms with van der Waals surface area (Å²) in [6.07, 6.45) is 2.29. The average molecular weight is 202 g/mol. The third kappa shape index (κ3) is 6.89. The third-order valence-electron chi connectivity index (χ3n) is 1.79. The lowest BCUT2D eigenvalue weighted by Gasteiger charge is -2.21. The number of carbonyl (C=O) groups is 1. The number of hydrogen-bond donors (Lipinski definition) is 0. The van der Waals surface area contributed by atoms with Crippen molar-refractivity contribution in [2.45, 2.75) is 59.5 Å². The van der Waals surface area contributed by atoms with E-state index in [4.69, 9.17) is 9.78 Å². The summed E-state index contributed by atoms with van der Waals surface area (Å²) in [5, 5.41) is 0. The zero-order valence-electron chi connectivity index (χ0n) is 9.92. The van der Waals surface area contributed by atoms with E-state index in [9.17, 15) is 4.79 Å². The van der Waals surface area contributed by atoms with Crippen LogP contribution in [-0.2, 0) is 14.6 Å². The Balaban J connectivity index is 3.75. The molecule has 3 nitrogen and oxygen atoms in total. The standard InChI is InChI=1S/C11H22O3/c1-6-7-11(4,5)14-13-10(12)8-9(2)3/h9H,6-8H2,1-5H3. The van der Waals surface area contributed by atoms with Gasteiger partial charge in [0.15, 0.2) is 0 Å². The van der Waals surface area contributed by atoms with Crippen molar-refractivity contribution in [3.63, 3.8) is 0 Å². The topological polar surface area (TPSA) is 35.5 Å². The molecule has 0 saturated carbocycles. The van der Waals surface area contributed by atoms with E-state index in [0.717, 1.165) is 12.8 Å². The first kappa shape index (κ1) is 13.4. The van der Waals surface area contributed by atoms with Gasteiger partial charge in [-0.15, -0.1) is 0 Å². The van der Waals surface area contributed by atoms with E-state index in [0.29, 0.717) is 12.3 Å². The summed E-state index contributed by atoms with van der Waals surface area (Å²) in [5.41, 5.74) is -0.374. The van der Waals surface area contributed by atoms with Gasteiger partial charge in [-0.25, -0.2) is 4.79 Å². The highest BCUT2D eigenvalue weighted by Gasteiger charge is 2.21. The highest BCUT2D eigenvalue weighted by molar-refractivity contribution is 5.68. The maximum atomic E-state index is 11.2. The van der Waals surface area contributed by atoms with Crippen LogP contribution < -0.4 is 0 Å². The molecule has 0 aliphatic carbocycles. The molecule has 0 amide bonds. The van der Waals surface area contributed by atoms with E-state index in [-0.39, 0.29) is 11.6 Å². The van der Waals surface area contributed by atoms with Gasteiger partial charge in [0.25, 0.3) is 0 Å². The fourth-order valence-electron chi connectivity index (χ4n) is 1.17. The number of hydrogen-bond acceptors (Lipinski definition) is 3. The van der Waals surface area contributed by atoms with Crippen molar-refractivity contribution in [2.75, 3.05) is 0 Å². The molecule has 0 aromatic heterocycles. The first-order valence-electron chi connectivity index (χ1n) is 5.26. The largest absolute Gasteiger partial charge is 0.342 e. The molecule has 0 saturated heterocycles. The molecule has 0 bridgehead atoms. The van der Waals surface area contributed by atoms with E-state index in [1.54, 1.807) is 0 Å². The van der Waals surface area contributed by atoms with E-state index < -0.39 is 0 Å². The molecule has 14 heavy (non-hydrogen) atoms. The highest BCUT2D eigenvalue weighted by Crippen LogP contribution is 2.17. The van der Waals surface area contributed by atoms with Crippen LogP contribution in [0.25, 0.3) is 0 Å². The Bertz CT molecular complexity index is 173. The summed E-state index contributed by atoms with van der Waals surface area (Å²) in [7, 11) is 0.